The average molecular weight is 368 g/mol. The topological polar surface area (TPSA) is 20.2 Å². The molecule has 0 aromatic heterocycles. The number of phenols is 1. The number of alkyl halides is 3. The quantitative estimate of drug-likeness (QED) is 0.591. The summed E-state index contributed by atoms with van der Waals surface area (Å²) < 4.78 is 38.4. The van der Waals surface area contributed by atoms with E-state index in [4.69, 9.17) is 0 Å². The van der Waals surface area contributed by atoms with Crippen LogP contribution in [0, 0.1) is 17.8 Å². The summed E-state index contributed by atoms with van der Waals surface area (Å²) >= 11 is 0. The number of hydrogen-bond donors (Lipinski definition) is 1. The molecule has 0 aliphatic heterocycles. The Morgan fingerprint density at radius 1 is 0.923 bits per heavy atom. The zero-order chi connectivity index (χ0) is 18.7. The van der Waals surface area contributed by atoms with Crippen molar-refractivity contribution in [3.63, 3.8) is 0 Å². The van der Waals surface area contributed by atoms with E-state index in [0.717, 1.165) is 42.2 Å². The predicted octanol–water partition coefficient (Wildman–Crippen LogP) is 7.29. The van der Waals surface area contributed by atoms with E-state index in [2.05, 4.69) is 6.92 Å². The molecule has 0 heterocycles. The van der Waals surface area contributed by atoms with Crippen LogP contribution in [0.5, 0.6) is 5.75 Å². The highest BCUT2D eigenvalue weighted by atomic mass is 19.4. The van der Waals surface area contributed by atoms with Gasteiger partial charge < -0.3 is 5.11 Å². The Morgan fingerprint density at radius 3 is 2.00 bits per heavy atom. The zero-order valence-electron chi connectivity index (χ0n) is 15.7. The Labute approximate surface area is 155 Å². The summed E-state index contributed by atoms with van der Waals surface area (Å²) in [5.41, 5.74) is -0.0700. The van der Waals surface area contributed by atoms with Crippen LogP contribution < -0.4 is 0 Å². The lowest BCUT2D eigenvalue weighted by atomic mass is 9.68. The molecule has 2 fully saturated rings. The molecular formula is C22H31F3O. The first kappa shape index (κ1) is 19.6. The number of aromatic hydroxyl groups is 1. The summed E-state index contributed by atoms with van der Waals surface area (Å²) in [5, 5.41) is 9.76. The van der Waals surface area contributed by atoms with Crippen LogP contribution in [0.25, 0.3) is 0 Å². The van der Waals surface area contributed by atoms with Gasteiger partial charge in [-0.25, -0.2) is 0 Å². The molecule has 26 heavy (non-hydrogen) atoms. The molecule has 2 aliphatic carbocycles. The van der Waals surface area contributed by atoms with E-state index in [1.807, 2.05) is 0 Å². The van der Waals surface area contributed by atoms with E-state index in [-0.39, 0.29) is 5.92 Å². The highest BCUT2D eigenvalue weighted by Gasteiger charge is 2.35. The first-order valence-electron chi connectivity index (χ1n) is 10.3. The largest absolute Gasteiger partial charge is 0.507 e. The third-order valence-corrected chi connectivity index (χ3v) is 6.83. The van der Waals surface area contributed by atoms with Crippen LogP contribution in [0.4, 0.5) is 13.2 Å². The minimum absolute atomic E-state index is 0.288. The van der Waals surface area contributed by atoms with Gasteiger partial charge in [0.1, 0.15) is 5.75 Å². The van der Waals surface area contributed by atoms with Gasteiger partial charge in [0.25, 0.3) is 0 Å². The fourth-order valence-corrected chi connectivity index (χ4v) is 5.32. The highest BCUT2D eigenvalue weighted by Crippen LogP contribution is 2.45. The molecule has 1 aromatic rings. The Balaban J connectivity index is 1.53. The SMILES string of the molecule is CCC[C@H]1CC[C@H]([C@H]2CC[C@H](c3ccc(C(F)(F)F)c(O)c3)CC2)CC1. The molecule has 0 radical (unpaired) electrons. The second-order valence-corrected chi connectivity index (χ2v) is 8.46. The van der Waals surface area contributed by atoms with E-state index in [1.54, 1.807) is 6.07 Å². The fourth-order valence-electron chi connectivity index (χ4n) is 5.32. The van der Waals surface area contributed by atoms with Crippen LogP contribution in [0.2, 0.25) is 0 Å². The van der Waals surface area contributed by atoms with E-state index >= 15 is 0 Å². The van der Waals surface area contributed by atoms with Gasteiger partial charge in [-0.3, -0.25) is 0 Å². The van der Waals surface area contributed by atoms with Gasteiger partial charge in [0, 0.05) is 0 Å². The lowest BCUT2D eigenvalue weighted by Gasteiger charge is -2.38. The van der Waals surface area contributed by atoms with Gasteiger partial charge >= 0.3 is 6.18 Å². The van der Waals surface area contributed by atoms with Crippen molar-refractivity contribution < 1.29 is 18.3 Å². The van der Waals surface area contributed by atoms with Gasteiger partial charge in [0.05, 0.1) is 5.56 Å². The van der Waals surface area contributed by atoms with Gasteiger partial charge in [-0.15, -0.1) is 0 Å². The zero-order valence-corrected chi connectivity index (χ0v) is 15.7. The summed E-state index contributed by atoms with van der Waals surface area (Å²) in [5.74, 6) is 2.23. The van der Waals surface area contributed by atoms with Crippen LogP contribution in [-0.4, -0.2) is 5.11 Å². The van der Waals surface area contributed by atoms with E-state index in [9.17, 15) is 18.3 Å². The number of phenolic OH excluding ortho intramolecular Hbond substituents is 1. The van der Waals surface area contributed by atoms with Gasteiger partial charge in [0.2, 0.25) is 0 Å². The Hall–Kier alpha value is -1.19. The molecular weight excluding hydrogens is 337 g/mol. The fraction of sp³-hybridized carbons (Fsp3) is 0.727. The van der Waals surface area contributed by atoms with Crippen LogP contribution in [-0.2, 0) is 6.18 Å². The predicted molar refractivity (Wildman–Crippen MR) is 98.2 cm³/mol. The summed E-state index contributed by atoms with van der Waals surface area (Å²) in [6.07, 6.45) is 8.08. The van der Waals surface area contributed by atoms with Crippen molar-refractivity contribution in [2.75, 3.05) is 0 Å². The molecule has 1 aromatic carbocycles. The van der Waals surface area contributed by atoms with Crippen LogP contribution in [0.1, 0.15) is 88.2 Å². The molecule has 2 saturated carbocycles. The van der Waals surface area contributed by atoms with Crippen LogP contribution >= 0.6 is 0 Å². The molecule has 0 saturated heterocycles. The smallest absolute Gasteiger partial charge is 0.419 e. The molecule has 0 spiro atoms. The van der Waals surface area contributed by atoms with Crippen molar-refractivity contribution in [2.45, 2.75) is 83.2 Å². The van der Waals surface area contributed by atoms with Crippen LogP contribution in [0.15, 0.2) is 18.2 Å². The van der Waals surface area contributed by atoms with Crippen molar-refractivity contribution >= 4 is 0 Å². The third-order valence-electron chi connectivity index (χ3n) is 6.83. The van der Waals surface area contributed by atoms with E-state index < -0.39 is 17.5 Å². The number of halogens is 3. The number of benzene rings is 1. The first-order valence-corrected chi connectivity index (χ1v) is 10.3. The average Bonchev–Trinajstić information content (AvgIpc) is 2.62. The molecule has 0 amide bonds. The maximum atomic E-state index is 12.8. The van der Waals surface area contributed by atoms with Crippen molar-refractivity contribution in [3.05, 3.63) is 29.3 Å². The molecule has 0 atom stereocenters. The van der Waals surface area contributed by atoms with Crippen molar-refractivity contribution in [3.8, 4) is 5.75 Å². The maximum Gasteiger partial charge on any atom is 0.419 e. The molecule has 3 rings (SSSR count). The van der Waals surface area contributed by atoms with E-state index in [0.29, 0.717) is 0 Å². The third kappa shape index (κ3) is 4.55. The lowest BCUT2D eigenvalue weighted by molar-refractivity contribution is -0.138. The van der Waals surface area contributed by atoms with E-state index in [1.165, 1.54) is 57.4 Å². The van der Waals surface area contributed by atoms with Gasteiger partial charge in [-0.2, -0.15) is 13.2 Å². The monoisotopic (exact) mass is 368 g/mol. The molecule has 146 valence electrons. The van der Waals surface area contributed by atoms with Crippen molar-refractivity contribution in [2.24, 2.45) is 17.8 Å². The number of rotatable bonds is 4. The highest BCUT2D eigenvalue weighted by molar-refractivity contribution is 5.39. The maximum absolute atomic E-state index is 12.8. The summed E-state index contributed by atoms with van der Waals surface area (Å²) in [6.45, 7) is 2.27. The minimum Gasteiger partial charge on any atom is -0.507 e. The Bertz CT molecular complexity index is 580. The van der Waals surface area contributed by atoms with Gasteiger partial charge in [-0.05, 0) is 79.9 Å². The standard InChI is InChI=1S/C22H31F3O/c1-2-3-15-4-6-16(7-5-15)17-8-10-18(11-9-17)19-12-13-20(21(26)14-19)22(23,24)25/h12-18,26H,2-11H2,1H3/t15-,16-,17-,18-. The lowest BCUT2D eigenvalue weighted by Crippen LogP contribution is -2.25. The minimum atomic E-state index is -4.49. The molecule has 0 unspecified atom stereocenters. The Morgan fingerprint density at radius 2 is 1.50 bits per heavy atom. The summed E-state index contributed by atoms with van der Waals surface area (Å²) in [6, 6.07) is 3.93. The molecule has 4 heteroatoms. The second-order valence-electron chi connectivity index (χ2n) is 8.46. The van der Waals surface area contributed by atoms with Gasteiger partial charge in [-0.1, -0.05) is 38.7 Å². The first-order chi connectivity index (χ1) is 12.4. The number of hydrogen-bond acceptors (Lipinski definition) is 1. The summed E-state index contributed by atoms with van der Waals surface area (Å²) in [7, 11) is 0. The van der Waals surface area contributed by atoms with Crippen LogP contribution in [0.3, 0.4) is 0 Å². The summed E-state index contributed by atoms with van der Waals surface area (Å²) in [4.78, 5) is 0. The van der Waals surface area contributed by atoms with Crippen molar-refractivity contribution in [1.29, 1.82) is 0 Å². The molecule has 0 bridgehead atoms. The molecule has 1 nitrogen and oxygen atoms in total. The normalized spacial score (nSPS) is 30.3. The van der Waals surface area contributed by atoms with Crippen molar-refractivity contribution in [1.82, 2.24) is 0 Å². The molecule has 1 N–H and O–H groups in total. The second kappa shape index (κ2) is 8.22. The molecule has 2 aliphatic rings. The van der Waals surface area contributed by atoms with Gasteiger partial charge in [0.15, 0.2) is 0 Å². The Kier molecular flexibility index (Phi) is 6.19.